The number of carbonyl (C=O) groups is 3. The quantitative estimate of drug-likeness (QED) is 0.400. The van der Waals surface area contributed by atoms with Crippen LogP contribution in [-0.2, 0) is 14.3 Å². The maximum Gasteiger partial charge on any atom is 0.339 e. The molecule has 34 heavy (non-hydrogen) atoms. The van der Waals surface area contributed by atoms with Gasteiger partial charge in [-0.25, -0.2) is 14.2 Å². The third-order valence-corrected chi connectivity index (χ3v) is 5.06. The number of benzene rings is 2. The molecule has 0 aliphatic carbocycles. The average molecular weight is 461 g/mol. The lowest BCUT2D eigenvalue weighted by Crippen LogP contribution is -2.37. The van der Waals surface area contributed by atoms with E-state index in [2.05, 4.69) is 4.98 Å². The zero-order valence-electron chi connectivity index (χ0n) is 17.9. The predicted octanol–water partition coefficient (Wildman–Crippen LogP) is 3.70. The van der Waals surface area contributed by atoms with Gasteiger partial charge in [-0.05, 0) is 48.5 Å². The number of primary amides is 1. The molecule has 0 radical (unpaired) electrons. The van der Waals surface area contributed by atoms with E-state index in [0.717, 1.165) is 0 Å². The summed E-state index contributed by atoms with van der Waals surface area (Å²) in [4.78, 5) is 42.8. The van der Waals surface area contributed by atoms with Crippen LogP contribution in [0.5, 0.6) is 0 Å². The van der Waals surface area contributed by atoms with E-state index < -0.39 is 30.2 Å². The highest BCUT2D eigenvalue weighted by Gasteiger charge is 2.21. The first-order valence-electron chi connectivity index (χ1n) is 10.4. The molecule has 2 aromatic heterocycles. The fourth-order valence-corrected chi connectivity index (χ4v) is 3.42. The minimum atomic E-state index is -0.728. The van der Waals surface area contributed by atoms with Gasteiger partial charge in [-0.15, -0.1) is 0 Å². The number of para-hydroxylation sites is 1. The molecule has 0 saturated carbocycles. The number of hydrogen-bond donors (Lipinski definition) is 1. The molecule has 0 aliphatic rings. The number of ether oxygens (including phenoxy) is 1. The minimum absolute atomic E-state index is 0.0435. The summed E-state index contributed by atoms with van der Waals surface area (Å²) in [7, 11) is 0. The van der Waals surface area contributed by atoms with Crippen LogP contribution in [-0.4, -0.2) is 35.9 Å². The van der Waals surface area contributed by atoms with Gasteiger partial charge in [-0.3, -0.25) is 9.59 Å². The maximum absolute atomic E-state index is 13.3. The van der Waals surface area contributed by atoms with Crippen LogP contribution in [0.1, 0.15) is 16.8 Å². The van der Waals surface area contributed by atoms with Crippen molar-refractivity contribution in [1.82, 2.24) is 4.98 Å². The number of pyridine rings is 1. The number of nitrogens with zero attached hydrogens (tertiary/aromatic N) is 2. The largest absolute Gasteiger partial charge is 0.463 e. The molecule has 172 valence electrons. The van der Waals surface area contributed by atoms with E-state index in [1.807, 2.05) is 0 Å². The topological polar surface area (TPSA) is 116 Å². The molecule has 0 atom stereocenters. The summed E-state index contributed by atoms with van der Waals surface area (Å²) in [5.74, 6) is -1.93. The summed E-state index contributed by atoms with van der Waals surface area (Å²) >= 11 is 0. The van der Waals surface area contributed by atoms with Gasteiger partial charge in [-0.2, -0.15) is 0 Å². The van der Waals surface area contributed by atoms with Gasteiger partial charge < -0.3 is 19.8 Å². The molecular weight excluding hydrogens is 441 g/mol. The first kappa shape index (κ1) is 22.7. The molecule has 0 aliphatic heterocycles. The van der Waals surface area contributed by atoms with Crippen molar-refractivity contribution in [1.29, 1.82) is 0 Å². The molecule has 8 nitrogen and oxygen atoms in total. The molecule has 2 amide bonds. The lowest BCUT2D eigenvalue weighted by Gasteiger charge is -2.22. The Morgan fingerprint density at radius 3 is 2.50 bits per heavy atom. The smallest absolute Gasteiger partial charge is 0.339 e. The Balaban J connectivity index is 1.56. The highest BCUT2D eigenvalue weighted by molar-refractivity contribution is 6.05. The molecule has 0 saturated heterocycles. The van der Waals surface area contributed by atoms with E-state index in [0.29, 0.717) is 28.0 Å². The van der Waals surface area contributed by atoms with Crippen LogP contribution in [0.4, 0.5) is 10.1 Å². The third kappa shape index (κ3) is 5.09. The van der Waals surface area contributed by atoms with Crippen LogP contribution in [0.3, 0.4) is 0 Å². The van der Waals surface area contributed by atoms with Gasteiger partial charge in [0.05, 0.1) is 17.3 Å². The number of esters is 1. The summed E-state index contributed by atoms with van der Waals surface area (Å²) in [6.07, 6.45) is 1.39. The molecule has 2 aromatic carbocycles. The highest BCUT2D eigenvalue weighted by Crippen LogP contribution is 2.26. The molecule has 4 aromatic rings. The summed E-state index contributed by atoms with van der Waals surface area (Å²) < 4.78 is 24.0. The molecule has 4 rings (SSSR count). The lowest BCUT2D eigenvalue weighted by atomic mass is 10.1. The first-order chi connectivity index (χ1) is 16.4. The first-order valence-corrected chi connectivity index (χ1v) is 10.4. The number of hydrogen-bond acceptors (Lipinski definition) is 6. The zero-order valence-corrected chi connectivity index (χ0v) is 17.9. The van der Waals surface area contributed by atoms with Crippen molar-refractivity contribution in [2.75, 3.05) is 18.1 Å². The van der Waals surface area contributed by atoms with Crippen molar-refractivity contribution in [3.63, 3.8) is 0 Å². The average Bonchev–Trinajstić information content (AvgIpc) is 3.38. The Labute approximate surface area is 193 Å². The number of anilines is 1. The Morgan fingerprint density at radius 2 is 1.79 bits per heavy atom. The lowest BCUT2D eigenvalue weighted by molar-refractivity contribution is -0.121. The van der Waals surface area contributed by atoms with Gasteiger partial charge in [0.2, 0.25) is 5.91 Å². The van der Waals surface area contributed by atoms with Crippen LogP contribution in [0, 0.1) is 5.82 Å². The van der Waals surface area contributed by atoms with Crippen molar-refractivity contribution < 1.29 is 27.9 Å². The van der Waals surface area contributed by atoms with E-state index in [1.54, 1.807) is 42.5 Å². The van der Waals surface area contributed by atoms with Crippen molar-refractivity contribution in [3.05, 3.63) is 84.4 Å². The SMILES string of the molecule is NC(=O)CCN(C(=O)COC(=O)c1cc(-c2ccco2)nc2ccccc12)c1ccc(F)cc1. The second-order valence-corrected chi connectivity index (χ2v) is 7.36. The number of carbonyl (C=O) groups excluding carboxylic acids is 3. The number of nitrogens with two attached hydrogens (primary N) is 1. The highest BCUT2D eigenvalue weighted by atomic mass is 19.1. The predicted molar refractivity (Wildman–Crippen MR) is 122 cm³/mol. The summed E-state index contributed by atoms with van der Waals surface area (Å²) in [6.45, 7) is -0.639. The molecule has 2 heterocycles. The molecule has 0 spiro atoms. The summed E-state index contributed by atoms with van der Waals surface area (Å²) in [5.41, 5.74) is 6.78. The van der Waals surface area contributed by atoms with Crippen molar-refractivity contribution in [2.45, 2.75) is 6.42 Å². The third-order valence-electron chi connectivity index (χ3n) is 5.06. The monoisotopic (exact) mass is 461 g/mol. The van der Waals surface area contributed by atoms with Crippen LogP contribution < -0.4 is 10.6 Å². The molecule has 0 bridgehead atoms. The molecule has 0 unspecified atom stereocenters. The second-order valence-electron chi connectivity index (χ2n) is 7.36. The Morgan fingerprint density at radius 1 is 1.03 bits per heavy atom. The van der Waals surface area contributed by atoms with Crippen molar-refractivity contribution >= 4 is 34.4 Å². The van der Waals surface area contributed by atoms with E-state index in [1.165, 1.54) is 35.4 Å². The van der Waals surface area contributed by atoms with Gasteiger partial charge in [0, 0.05) is 24.0 Å². The van der Waals surface area contributed by atoms with Gasteiger partial charge in [-0.1, -0.05) is 18.2 Å². The standard InChI is InChI=1S/C25H20FN3O5/c26-16-7-9-17(10-8-16)29(12-11-23(27)30)24(31)15-34-25(32)19-14-21(22-6-3-13-33-22)28-20-5-2-1-4-18(19)20/h1-10,13-14H,11-12,15H2,(H2,27,30). The minimum Gasteiger partial charge on any atom is -0.463 e. The summed E-state index contributed by atoms with van der Waals surface area (Å²) in [5, 5.41) is 0.555. The second kappa shape index (κ2) is 9.95. The number of aromatic nitrogens is 1. The van der Waals surface area contributed by atoms with Crippen LogP contribution in [0.15, 0.2) is 77.4 Å². The van der Waals surface area contributed by atoms with Crippen LogP contribution in [0.25, 0.3) is 22.4 Å². The van der Waals surface area contributed by atoms with Crippen LogP contribution in [0.2, 0.25) is 0 Å². The van der Waals surface area contributed by atoms with E-state index in [4.69, 9.17) is 14.9 Å². The number of rotatable bonds is 8. The Kier molecular flexibility index (Phi) is 6.63. The van der Waals surface area contributed by atoms with E-state index in [-0.39, 0.29) is 18.5 Å². The van der Waals surface area contributed by atoms with E-state index >= 15 is 0 Å². The number of amides is 2. The normalized spacial score (nSPS) is 10.7. The molecule has 9 heteroatoms. The van der Waals surface area contributed by atoms with Gasteiger partial charge in [0.1, 0.15) is 11.5 Å². The Hall–Kier alpha value is -4.53. The zero-order chi connectivity index (χ0) is 24.1. The number of furan rings is 1. The molecular formula is C25H20FN3O5. The maximum atomic E-state index is 13.3. The fraction of sp³-hybridized carbons (Fsp3) is 0.120. The molecule has 2 N–H and O–H groups in total. The van der Waals surface area contributed by atoms with Gasteiger partial charge in [0.25, 0.3) is 5.91 Å². The van der Waals surface area contributed by atoms with Crippen LogP contribution >= 0.6 is 0 Å². The van der Waals surface area contributed by atoms with Gasteiger partial charge >= 0.3 is 5.97 Å². The fourth-order valence-electron chi connectivity index (χ4n) is 3.42. The molecule has 0 fully saturated rings. The number of halogens is 1. The van der Waals surface area contributed by atoms with Crippen molar-refractivity contribution in [3.8, 4) is 11.5 Å². The van der Waals surface area contributed by atoms with E-state index in [9.17, 15) is 18.8 Å². The number of fused-ring (bicyclic) bond motifs is 1. The summed E-state index contributed by atoms with van der Waals surface area (Å²) in [6, 6.07) is 17.2. The Bertz CT molecular complexity index is 1340. The van der Waals surface area contributed by atoms with Gasteiger partial charge in [0.15, 0.2) is 12.4 Å². The van der Waals surface area contributed by atoms with Crippen molar-refractivity contribution in [2.24, 2.45) is 5.73 Å².